The molecule has 26 heavy (non-hydrogen) atoms. The highest BCUT2D eigenvalue weighted by molar-refractivity contribution is 7.89. The lowest BCUT2D eigenvalue weighted by atomic mass is 10.1. The Hall–Kier alpha value is -2.22. The molecule has 6 nitrogen and oxygen atoms in total. The number of aromatic carboxylic acids is 1. The summed E-state index contributed by atoms with van der Waals surface area (Å²) in [5.74, 6) is -0.942. The lowest BCUT2D eigenvalue weighted by Crippen LogP contribution is -2.35. The van der Waals surface area contributed by atoms with Crippen LogP contribution in [0.25, 0.3) is 0 Å². The standard InChI is InChI=1S/C19H22N2O4S/c22-19(23)17-7-4-6-16(14-17)15-20-10-5-11-21(13-12-20)26(24,25)18-8-2-1-3-9-18/h1-4,6-9,14H,5,10-13,15H2,(H,22,23). The second kappa shape index (κ2) is 7.99. The molecule has 0 amide bonds. The first-order valence-corrected chi connectivity index (χ1v) is 10.0. The normalized spacial score (nSPS) is 16.9. The summed E-state index contributed by atoms with van der Waals surface area (Å²) in [7, 11) is -3.47. The molecule has 1 fully saturated rings. The third kappa shape index (κ3) is 4.30. The average Bonchev–Trinajstić information content (AvgIpc) is 2.89. The summed E-state index contributed by atoms with van der Waals surface area (Å²) in [6.45, 7) is 2.92. The van der Waals surface area contributed by atoms with Crippen molar-refractivity contribution in [1.29, 1.82) is 0 Å². The Kier molecular flexibility index (Phi) is 5.70. The molecule has 1 aliphatic rings. The van der Waals surface area contributed by atoms with Crippen LogP contribution in [0.5, 0.6) is 0 Å². The van der Waals surface area contributed by atoms with Crippen LogP contribution in [0.4, 0.5) is 0 Å². The molecule has 2 aromatic carbocycles. The van der Waals surface area contributed by atoms with Gasteiger partial charge in [-0.15, -0.1) is 0 Å². The van der Waals surface area contributed by atoms with Gasteiger partial charge >= 0.3 is 5.97 Å². The molecule has 0 spiro atoms. The van der Waals surface area contributed by atoms with Gasteiger partial charge in [-0.1, -0.05) is 30.3 Å². The minimum absolute atomic E-state index is 0.269. The van der Waals surface area contributed by atoms with Crippen molar-refractivity contribution in [3.05, 3.63) is 65.7 Å². The molecule has 0 bridgehead atoms. The Morgan fingerprint density at radius 2 is 1.73 bits per heavy atom. The summed E-state index contributed by atoms with van der Waals surface area (Å²) in [6.07, 6.45) is 0.741. The van der Waals surface area contributed by atoms with E-state index in [2.05, 4.69) is 4.90 Å². The van der Waals surface area contributed by atoms with Gasteiger partial charge in [0.2, 0.25) is 10.0 Å². The van der Waals surface area contributed by atoms with Crippen LogP contribution in [0.2, 0.25) is 0 Å². The van der Waals surface area contributed by atoms with Gasteiger partial charge in [-0.25, -0.2) is 13.2 Å². The van der Waals surface area contributed by atoms with Crippen molar-refractivity contribution < 1.29 is 18.3 Å². The molecule has 138 valence electrons. The van der Waals surface area contributed by atoms with Gasteiger partial charge in [0.25, 0.3) is 0 Å². The van der Waals surface area contributed by atoms with Crippen LogP contribution in [0.1, 0.15) is 22.3 Å². The summed E-state index contributed by atoms with van der Waals surface area (Å²) >= 11 is 0. The average molecular weight is 374 g/mol. The van der Waals surface area contributed by atoms with Gasteiger partial charge in [0.15, 0.2) is 0 Å². The Bertz CT molecular complexity index is 868. The molecule has 1 N–H and O–H groups in total. The van der Waals surface area contributed by atoms with Gasteiger partial charge in [0.1, 0.15) is 0 Å². The van der Waals surface area contributed by atoms with E-state index in [0.717, 1.165) is 18.5 Å². The topological polar surface area (TPSA) is 77.9 Å². The van der Waals surface area contributed by atoms with E-state index in [9.17, 15) is 13.2 Å². The van der Waals surface area contributed by atoms with E-state index in [4.69, 9.17) is 5.11 Å². The number of benzene rings is 2. The molecule has 0 saturated carbocycles. The maximum absolute atomic E-state index is 12.8. The van der Waals surface area contributed by atoms with Gasteiger partial charge in [-0.2, -0.15) is 4.31 Å². The molecule has 1 heterocycles. The van der Waals surface area contributed by atoms with Crippen LogP contribution in [0, 0.1) is 0 Å². The zero-order valence-corrected chi connectivity index (χ0v) is 15.2. The second-order valence-corrected chi connectivity index (χ2v) is 8.29. The summed E-state index contributed by atoms with van der Waals surface area (Å²) in [6, 6.07) is 15.4. The molecule has 7 heteroatoms. The van der Waals surface area contributed by atoms with Crippen molar-refractivity contribution in [2.75, 3.05) is 26.2 Å². The molecule has 1 aliphatic heterocycles. The van der Waals surface area contributed by atoms with Crippen LogP contribution in [-0.2, 0) is 16.6 Å². The monoisotopic (exact) mass is 374 g/mol. The van der Waals surface area contributed by atoms with E-state index in [1.807, 2.05) is 6.07 Å². The minimum Gasteiger partial charge on any atom is -0.478 e. The van der Waals surface area contributed by atoms with E-state index in [-0.39, 0.29) is 5.56 Å². The predicted molar refractivity (Wildman–Crippen MR) is 98.5 cm³/mol. The summed E-state index contributed by atoms with van der Waals surface area (Å²) in [4.78, 5) is 13.6. The second-order valence-electron chi connectivity index (χ2n) is 6.35. The van der Waals surface area contributed by atoms with Crippen molar-refractivity contribution in [3.63, 3.8) is 0 Å². The van der Waals surface area contributed by atoms with Crippen molar-refractivity contribution in [3.8, 4) is 0 Å². The number of carbonyl (C=O) groups is 1. The quantitative estimate of drug-likeness (QED) is 0.869. The lowest BCUT2D eigenvalue weighted by Gasteiger charge is -2.22. The van der Waals surface area contributed by atoms with Gasteiger partial charge in [0.05, 0.1) is 10.5 Å². The van der Waals surface area contributed by atoms with Crippen LogP contribution in [0.15, 0.2) is 59.5 Å². The van der Waals surface area contributed by atoms with Crippen molar-refractivity contribution in [2.24, 2.45) is 0 Å². The zero-order valence-electron chi connectivity index (χ0n) is 14.4. The van der Waals surface area contributed by atoms with E-state index in [1.165, 1.54) is 4.31 Å². The largest absolute Gasteiger partial charge is 0.478 e. The maximum Gasteiger partial charge on any atom is 0.335 e. The fourth-order valence-corrected chi connectivity index (χ4v) is 4.64. The number of carboxylic acid groups (broad SMARTS) is 1. The third-order valence-corrected chi connectivity index (χ3v) is 6.42. The first-order valence-electron chi connectivity index (χ1n) is 8.56. The molecule has 3 rings (SSSR count). The van der Waals surface area contributed by atoms with Crippen molar-refractivity contribution in [2.45, 2.75) is 17.9 Å². The molecule has 2 aromatic rings. The van der Waals surface area contributed by atoms with Crippen LogP contribution < -0.4 is 0 Å². The molecular formula is C19H22N2O4S. The van der Waals surface area contributed by atoms with E-state index in [0.29, 0.717) is 31.1 Å². The first kappa shape index (κ1) is 18.6. The molecule has 0 radical (unpaired) electrons. The minimum atomic E-state index is -3.47. The Morgan fingerprint density at radius 1 is 0.962 bits per heavy atom. The predicted octanol–water partition coefficient (Wildman–Crippen LogP) is 2.28. The maximum atomic E-state index is 12.8. The highest BCUT2D eigenvalue weighted by Crippen LogP contribution is 2.18. The Balaban J connectivity index is 1.67. The molecule has 0 aliphatic carbocycles. The molecule has 0 aromatic heterocycles. The molecule has 1 saturated heterocycles. The highest BCUT2D eigenvalue weighted by atomic mass is 32.2. The SMILES string of the molecule is O=C(O)c1cccc(CN2CCCN(S(=O)(=O)c3ccccc3)CC2)c1. The smallest absolute Gasteiger partial charge is 0.335 e. The van der Waals surface area contributed by atoms with Gasteiger partial charge in [-0.3, -0.25) is 4.90 Å². The van der Waals surface area contributed by atoms with Crippen LogP contribution in [-0.4, -0.2) is 54.9 Å². The third-order valence-electron chi connectivity index (χ3n) is 4.51. The molecule has 0 atom stereocenters. The number of rotatable bonds is 5. The fourth-order valence-electron chi connectivity index (χ4n) is 3.15. The Morgan fingerprint density at radius 3 is 2.46 bits per heavy atom. The van der Waals surface area contributed by atoms with Crippen molar-refractivity contribution >= 4 is 16.0 Å². The van der Waals surface area contributed by atoms with Crippen molar-refractivity contribution in [1.82, 2.24) is 9.21 Å². The number of hydrogen-bond acceptors (Lipinski definition) is 4. The first-order chi connectivity index (χ1) is 12.5. The van der Waals surface area contributed by atoms with Crippen LogP contribution in [0.3, 0.4) is 0 Å². The molecular weight excluding hydrogens is 352 g/mol. The lowest BCUT2D eigenvalue weighted by molar-refractivity contribution is 0.0696. The van der Waals surface area contributed by atoms with Gasteiger partial charge in [0, 0.05) is 26.2 Å². The zero-order chi connectivity index (χ0) is 18.6. The number of nitrogens with zero attached hydrogens (tertiary/aromatic N) is 2. The van der Waals surface area contributed by atoms with E-state index < -0.39 is 16.0 Å². The highest BCUT2D eigenvalue weighted by Gasteiger charge is 2.26. The number of carboxylic acids is 1. The summed E-state index contributed by atoms with van der Waals surface area (Å²) in [5.41, 5.74) is 1.19. The summed E-state index contributed by atoms with van der Waals surface area (Å²) in [5, 5.41) is 9.11. The fraction of sp³-hybridized carbons (Fsp3) is 0.316. The van der Waals surface area contributed by atoms with E-state index in [1.54, 1.807) is 48.5 Å². The van der Waals surface area contributed by atoms with Crippen LogP contribution >= 0.6 is 0 Å². The van der Waals surface area contributed by atoms with Gasteiger partial charge < -0.3 is 5.11 Å². The summed E-state index contributed by atoms with van der Waals surface area (Å²) < 4.78 is 27.1. The van der Waals surface area contributed by atoms with Gasteiger partial charge in [-0.05, 0) is 42.8 Å². The number of hydrogen-bond donors (Lipinski definition) is 1. The molecule has 0 unspecified atom stereocenters. The number of sulfonamides is 1. The van der Waals surface area contributed by atoms with E-state index >= 15 is 0 Å². The Labute approximate surface area is 153 Å².